The fraction of sp³-hybridized carbons (Fsp3) is 0.269. The highest BCUT2D eigenvalue weighted by Crippen LogP contribution is 2.55. The normalized spacial score (nSPS) is 18.0. The van der Waals surface area contributed by atoms with Crippen molar-refractivity contribution in [3.05, 3.63) is 52.4 Å². The van der Waals surface area contributed by atoms with Crippen molar-refractivity contribution >= 4 is 70.8 Å². The third-order valence-corrected chi connectivity index (χ3v) is 9.58. The van der Waals surface area contributed by atoms with Crippen LogP contribution in [0.5, 0.6) is 5.75 Å². The zero-order chi connectivity index (χ0) is 35.3. The van der Waals surface area contributed by atoms with E-state index in [0.717, 1.165) is 24.3 Å². The van der Waals surface area contributed by atoms with Crippen LogP contribution in [0.15, 0.2) is 66.1 Å². The van der Waals surface area contributed by atoms with E-state index in [4.69, 9.17) is 4.74 Å². The van der Waals surface area contributed by atoms with Crippen molar-refractivity contribution in [1.82, 2.24) is 15.0 Å². The number of morpholine rings is 1. The van der Waals surface area contributed by atoms with Gasteiger partial charge in [0.1, 0.15) is 27.1 Å². The first-order valence-electron chi connectivity index (χ1n) is 13.7. The maximum Gasteiger partial charge on any atom is 0.351 e. The number of aryl methyl sites for hydroxylation is 1. The molecule has 2 heterocycles. The number of nitrogens with one attached hydrogen (secondary N) is 2. The molecule has 8 N–H and O–H groups in total. The summed E-state index contributed by atoms with van der Waals surface area (Å²) in [5, 5.41) is 21.0. The lowest BCUT2D eigenvalue weighted by molar-refractivity contribution is -0.00574. The number of fused-ring (bicyclic) bond motifs is 1. The molecule has 1 fully saturated rings. The minimum Gasteiger partial charge on any atom is -0.505 e. The largest absolute Gasteiger partial charge is 0.505 e. The van der Waals surface area contributed by atoms with Crippen molar-refractivity contribution in [3.8, 4) is 5.75 Å². The number of phenols is 1. The van der Waals surface area contributed by atoms with Gasteiger partial charge in [-0.15, -0.1) is 10.2 Å². The second kappa shape index (κ2) is 12.6. The molecular formula is C26H29N7O12S3. The zero-order valence-electron chi connectivity index (χ0n) is 25.1. The van der Waals surface area contributed by atoms with Crippen molar-refractivity contribution < 1.29 is 49.4 Å². The number of H-pyrrole nitrogens is 1. The van der Waals surface area contributed by atoms with Gasteiger partial charge in [0, 0.05) is 18.5 Å². The fourth-order valence-electron chi connectivity index (χ4n) is 5.07. The maximum absolute atomic E-state index is 12.6. The Bertz CT molecular complexity index is 2230. The van der Waals surface area contributed by atoms with Gasteiger partial charge < -0.3 is 33.7 Å². The smallest absolute Gasteiger partial charge is 0.351 e. The molecule has 4 aromatic rings. The fourth-order valence-corrected chi connectivity index (χ4v) is 7.00. The van der Waals surface area contributed by atoms with Crippen LogP contribution in [0.2, 0.25) is 0 Å². The molecule has 1 aliphatic rings. The summed E-state index contributed by atoms with van der Waals surface area (Å²) in [4.78, 5) is 22.5. The summed E-state index contributed by atoms with van der Waals surface area (Å²) in [6.07, 6.45) is -0.455. The quantitative estimate of drug-likeness (QED) is 0.0932. The van der Waals surface area contributed by atoms with Gasteiger partial charge in [-0.25, -0.2) is 4.79 Å². The number of azo groups is 1. The number of hydrogen-bond acceptors (Lipinski definition) is 16. The van der Waals surface area contributed by atoms with E-state index < -0.39 is 68.6 Å². The summed E-state index contributed by atoms with van der Waals surface area (Å²) in [6, 6.07) is 6.22. The lowest BCUT2D eigenvalue weighted by atomic mass is 10.1. The molecule has 5 rings (SSSR count). The summed E-state index contributed by atoms with van der Waals surface area (Å²) in [7, 11) is -14.5. The first-order chi connectivity index (χ1) is 22.2. The van der Waals surface area contributed by atoms with Gasteiger partial charge in [-0.2, -0.15) is 26.8 Å². The summed E-state index contributed by atoms with van der Waals surface area (Å²) >= 11 is 0. The first kappa shape index (κ1) is 35.1. The molecule has 22 heteroatoms. The second-order valence-corrected chi connectivity index (χ2v) is 15.2. The molecule has 0 aliphatic carbocycles. The van der Waals surface area contributed by atoms with Crippen molar-refractivity contribution in [2.24, 2.45) is 10.2 Å². The standard InChI is InChI=1S/C26H29N7O12S3/c1-12-4-5-17(19(6-12)47(39,40)41)31-32-22-20(48(42,43)44)8-15-7-16(46(36,37)38)9-18(21(15)23(22)34)27-24-28-25(30-26(35)29-24)33-10-13(2)45-14(3)11-33/h4-9,13-14,34,42-44H,10-11H2,1-3H3,(H,36,37,38)(H,39,40,41)(H2,27,28,29,30,35). The van der Waals surface area contributed by atoms with Crippen molar-refractivity contribution in [2.75, 3.05) is 23.3 Å². The molecule has 0 bridgehead atoms. The molecule has 0 saturated carbocycles. The van der Waals surface area contributed by atoms with Gasteiger partial charge in [0.05, 0.1) is 27.7 Å². The third kappa shape index (κ3) is 7.56. The van der Waals surface area contributed by atoms with Crippen molar-refractivity contribution in [3.63, 3.8) is 0 Å². The molecule has 0 radical (unpaired) electrons. The molecule has 19 nitrogen and oxygen atoms in total. The first-order valence-corrected chi connectivity index (χ1v) is 18.1. The van der Waals surface area contributed by atoms with Crippen molar-refractivity contribution in [2.45, 2.75) is 47.7 Å². The van der Waals surface area contributed by atoms with E-state index >= 15 is 0 Å². The van der Waals surface area contributed by atoms with Gasteiger partial charge in [-0.3, -0.25) is 14.1 Å². The Balaban J connectivity index is 1.73. The van der Waals surface area contributed by atoms with Gasteiger partial charge >= 0.3 is 5.69 Å². The number of benzene rings is 3. The Morgan fingerprint density at radius 1 is 0.917 bits per heavy atom. The average molecular weight is 728 g/mol. The van der Waals surface area contributed by atoms with E-state index in [1.54, 1.807) is 4.90 Å². The highest BCUT2D eigenvalue weighted by Gasteiger charge is 2.29. The number of hydrogen-bond donors (Lipinski definition) is 8. The van der Waals surface area contributed by atoms with Crippen LogP contribution >= 0.6 is 10.9 Å². The SMILES string of the molecule is Cc1ccc(N=Nc2c(S(O)(O)O)cc3cc(S(=O)(=O)O)cc(Nc4nc(N5CC(C)OC(C)C5)nc(=O)[nH]4)c3c2O)c(S(=O)(=O)O)c1. The van der Waals surface area contributed by atoms with E-state index in [0.29, 0.717) is 18.7 Å². The summed E-state index contributed by atoms with van der Waals surface area (Å²) in [5.74, 6) is -1.25. The monoisotopic (exact) mass is 727 g/mol. The predicted molar refractivity (Wildman–Crippen MR) is 172 cm³/mol. The van der Waals surface area contributed by atoms with Gasteiger partial charge in [0.2, 0.25) is 11.9 Å². The molecule has 0 spiro atoms. The van der Waals surface area contributed by atoms with E-state index in [2.05, 4.69) is 30.5 Å². The molecule has 3 aromatic carbocycles. The number of phenolic OH excluding ortho intramolecular Hbond substituents is 1. The lowest BCUT2D eigenvalue weighted by Crippen LogP contribution is -2.46. The lowest BCUT2D eigenvalue weighted by Gasteiger charge is -2.35. The highest BCUT2D eigenvalue weighted by molar-refractivity contribution is 8.19. The molecule has 258 valence electrons. The van der Waals surface area contributed by atoms with Gasteiger partial charge in [-0.05, 0) is 62.1 Å². The van der Waals surface area contributed by atoms with Crippen LogP contribution in [0.1, 0.15) is 19.4 Å². The molecule has 1 saturated heterocycles. The number of ether oxygens (including phenoxy) is 1. The Morgan fingerprint density at radius 2 is 1.58 bits per heavy atom. The number of aromatic nitrogens is 3. The van der Waals surface area contributed by atoms with E-state index in [9.17, 15) is 49.5 Å². The van der Waals surface area contributed by atoms with Gasteiger partial charge in [0.15, 0.2) is 5.75 Å². The van der Waals surface area contributed by atoms with Crippen LogP contribution in [0.3, 0.4) is 0 Å². The Morgan fingerprint density at radius 3 is 2.19 bits per heavy atom. The number of aromatic amines is 1. The van der Waals surface area contributed by atoms with Crippen LogP contribution in [0, 0.1) is 6.92 Å². The zero-order valence-corrected chi connectivity index (χ0v) is 27.6. The molecule has 1 aliphatic heterocycles. The molecule has 48 heavy (non-hydrogen) atoms. The molecule has 2 atom stereocenters. The summed E-state index contributed by atoms with van der Waals surface area (Å²) in [6.45, 7) is 5.84. The highest BCUT2D eigenvalue weighted by atomic mass is 32.3. The van der Waals surface area contributed by atoms with Crippen LogP contribution in [-0.2, 0) is 25.0 Å². The third-order valence-electron chi connectivity index (χ3n) is 6.96. The van der Waals surface area contributed by atoms with E-state index in [-0.39, 0.29) is 40.6 Å². The maximum atomic E-state index is 12.6. The molecule has 1 aromatic heterocycles. The number of nitrogens with zero attached hydrogens (tertiary/aromatic N) is 5. The Hall–Kier alpha value is -4.26. The average Bonchev–Trinajstić information content (AvgIpc) is 2.94. The van der Waals surface area contributed by atoms with E-state index in [1.165, 1.54) is 19.1 Å². The van der Waals surface area contributed by atoms with Crippen LogP contribution < -0.4 is 15.9 Å². The van der Waals surface area contributed by atoms with Crippen LogP contribution in [0.25, 0.3) is 10.8 Å². The number of anilines is 3. The Kier molecular flexibility index (Phi) is 9.24. The molecular weight excluding hydrogens is 699 g/mol. The number of aromatic hydroxyl groups is 1. The van der Waals surface area contributed by atoms with Crippen molar-refractivity contribution in [1.29, 1.82) is 0 Å². The minimum atomic E-state index is -4.95. The summed E-state index contributed by atoms with van der Waals surface area (Å²) in [5.41, 5.74) is -1.99. The van der Waals surface area contributed by atoms with Crippen LogP contribution in [-0.4, -0.2) is 85.0 Å². The Labute approximate surface area is 274 Å². The minimum absolute atomic E-state index is 0.0125. The van der Waals surface area contributed by atoms with E-state index in [1.807, 2.05) is 13.8 Å². The number of rotatable bonds is 8. The van der Waals surface area contributed by atoms with Gasteiger partial charge in [-0.1, -0.05) is 6.07 Å². The second-order valence-electron chi connectivity index (χ2n) is 10.9. The molecule has 0 amide bonds. The summed E-state index contributed by atoms with van der Waals surface area (Å²) < 4.78 is 104. The predicted octanol–water partition coefficient (Wildman–Crippen LogP) is 4.18. The van der Waals surface area contributed by atoms with Gasteiger partial charge in [0.25, 0.3) is 20.2 Å². The van der Waals surface area contributed by atoms with Crippen LogP contribution in [0.4, 0.5) is 29.0 Å². The topological polar surface area (TPSA) is 298 Å². The molecule has 2 unspecified atom stereocenters.